The number of hydrogen-bond donors (Lipinski definition) is 2. The largest absolute Gasteiger partial charge is 0.542 e. The van der Waals surface area contributed by atoms with Gasteiger partial charge in [0.2, 0.25) is 0 Å². The van der Waals surface area contributed by atoms with E-state index < -0.39 is 37.8 Å². The number of benzene rings is 1. The van der Waals surface area contributed by atoms with Crippen molar-refractivity contribution in [2.24, 2.45) is 5.92 Å². The first kappa shape index (κ1) is 24.7. The summed E-state index contributed by atoms with van der Waals surface area (Å²) in [4.78, 5) is 0. The lowest BCUT2D eigenvalue weighted by Crippen LogP contribution is -2.52. The van der Waals surface area contributed by atoms with Crippen molar-refractivity contribution < 1.29 is 24.1 Å². The first-order chi connectivity index (χ1) is 14.1. The van der Waals surface area contributed by atoms with E-state index in [-0.39, 0.29) is 6.10 Å². The number of aliphatic hydroxyl groups excluding tert-OH is 1. The molecule has 0 saturated carbocycles. The molecule has 2 aliphatic rings. The van der Waals surface area contributed by atoms with E-state index in [4.69, 9.17) is 13.9 Å². The van der Waals surface area contributed by atoms with Crippen molar-refractivity contribution in [3.05, 3.63) is 29.3 Å². The molecular formula is C25H42O5Si. The summed E-state index contributed by atoms with van der Waals surface area (Å²) in [5, 5.41) is 22.6. The van der Waals surface area contributed by atoms with E-state index in [2.05, 4.69) is 41.5 Å². The fourth-order valence-corrected chi connectivity index (χ4v) is 11.5. The molecule has 0 bridgehead atoms. The van der Waals surface area contributed by atoms with Gasteiger partial charge in [-0.05, 0) is 55.9 Å². The molecule has 0 amide bonds. The third kappa shape index (κ3) is 4.10. The maximum absolute atomic E-state index is 11.6. The smallest absolute Gasteiger partial charge is 0.258 e. The molecule has 1 fully saturated rings. The molecule has 0 spiro atoms. The van der Waals surface area contributed by atoms with E-state index in [0.717, 1.165) is 16.9 Å². The minimum atomic E-state index is -2.23. The van der Waals surface area contributed by atoms with Gasteiger partial charge in [-0.1, -0.05) is 53.7 Å². The molecule has 176 valence electrons. The highest BCUT2D eigenvalue weighted by Crippen LogP contribution is 2.56. The molecule has 1 aromatic carbocycles. The summed E-state index contributed by atoms with van der Waals surface area (Å²) in [6.07, 6.45) is -1.71. The van der Waals surface area contributed by atoms with Gasteiger partial charge in [0.15, 0.2) is 5.79 Å². The topological polar surface area (TPSA) is 68.2 Å². The zero-order chi connectivity index (χ0) is 23.5. The lowest BCUT2D eigenvalue weighted by atomic mass is 9.70. The molecule has 1 aliphatic carbocycles. The Labute approximate surface area is 189 Å². The molecule has 1 heterocycles. The van der Waals surface area contributed by atoms with Crippen LogP contribution in [0.3, 0.4) is 0 Å². The van der Waals surface area contributed by atoms with E-state index in [9.17, 15) is 10.2 Å². The van der Waals surface area contributed by atoms with E-state index >= 15 is 0 Å². The van der Waals surface area contributed by atoms with Gasteiger partial charge >= 0.3 is 0 Å². The van der Waals surface area contributed by atoms with Crippen LogP contribution in [-0.4, -0.2) is 36.0 Å². The van der Waals surface area contributed by atoms with E-state index in [1.807, 2.05) is 32.0 Å². The Kier molecular flexibility index (Phi) is 6.49. The minimum absolute atomic E-state index is 0.360. The summed E-state index contributed by atoms with van der Waals surface area (Å²) in [6, 6.07) is 5.95. The number of rotatable bonds is 6. The predicted octanol–water partition coefficient (Wildman–Crippen LogP) is 5.87. The normalized spacial score (nSPS) is 28.2. The third-order valence-electron chi connectivity index (χ3n) is 7.33. The van der Waals surface area contributed by atoms with Gasteiger partial charge in [0, 0.05) is 11.5 Å². The highest BCUT2D eigenvalue weighted by Gasteiger charge is 2.57. The van der Waals surface area contributed by atoms with Crippen molar-refractivity contribution >= 4 is 8.32 Å². The molecular weight excluding hydrogens is 408 g/mol. The van der Waals surface area contributed by atoms with Crippen LogP contribution in [-0.2, 0) is 9.47 Å². The quantitative estimate of drug-likeness (QED) is 0.531. The molecule has 31 heavy (non-hydrogen) atoms. The van der Waals surface area contributed by atoms with Gasteiger partial charge in [-0.15, -0.1) is 0 Å². The van der Waals surface area contributed by atoms with Crippen LogP contribution in [0.5, 0.6) is 5.75 Å². The van der Waals surface area contributed by atoms with Crippen LogP contribution in [0, 0.1) is 5.92 Å². The van der Waals surface area contributed by atoms with Gasteiger partial charge in [-0.25, -0.2) is 0 Å². The number of ether oxygens (including phenoxy) is 2. The minimum Gasteiger partial charge on any atom is -0.542 e. The molecule has 4 atom stereocenters. The SMILES string of the molecule is CC(C)[Si](Oc1cccc2c1[C@H](O)[C@H](C(C)(C)O)[C@@H]1OC(C)(C)O[C@H]21)(C(C)C)C(C)C. The summed E-state index contributed by atoms with van der Waals surface area (Å²) in [5.41, 5.74) is 1.72. The number of fused-ring (bicyclic) bond motifs is 3. The van der Waals surface area contributed by atoms with E-state index in [1.165, 1.54) is 0 Å². The van der Waals surface area contributed by atoms with Crippen molar-refractivity contribution in [3.63, 3.8) is 0 Å². The van der Waals surface area contributed by atoms with Crippen LogP contribution in [0.15, 0.2) is 18.2 Å². The van der Waals surface area contributed by atoms with Crippen molar-refractivity contribution in [3.8, 4) is 5.75 Å². The molecule has 1 saturated heterocycles. The highest BCUT2D eigenvalue weighted by molar-refractivity contribution is 6.78. The van der Waals surface area contributed by atoms with E-state index in [1.54, 1.807) is 13.8 Å². The van der Waals surface area contributed by atoms with Crippen LogP contribution in [0.25, 0.3) is 0 Å². The van der Waals surface area contributed by atoms with Gasteiger partial charge < -0.3 is 24.1 Å². The Morgan fingerprint density at radius 1 is 1.00 bits per heavy atom. The lowest BCUT2D eigenvalue weighted by Gasteiger charge is -2.46. The summed E-state index contributed by atoms with van der Waals surface area (Å²) in [6.45, 7) is 20.8. The Bertz CT molecular complexity index is 774. The molecule has 1 aliphatic heterocycles. The Morgan fingerprint density at radius 2 is 1.55 bits per heavy atom. The molecule has 1 aromatic rings. The van der Waals surface area contributed by atoms with Crippen LogP contribution < -0.4 is 4.43 Å². The second kappa shape index (κ2) is 8.14. The molecule has 0 aromatic heterocycles. The van der Waals surface area contributed by atoms with Gasteiger partial charge in [0.25, 0.3) is 8.32 Å². The molecule has 5 nitrogen and oxygen atoms in total. The van der Waals surface area contributed by atoms with Gasteiger partial charge in [0.05, 0.1) is 17.8 Å². The Hall–Kier alpha value is -0.923. The van der Waals surface area contributed by atoms with Crippen molar-refractivity contribution in [2.75, 3.05) is 0 Å². The lowest BCUT2D eigenvalue weighted by molar-refractivity contribution is -0.169. The Balaban J connectivity index is 2.18. The van der Waals surface area contributed by atoms with Crippen molar-refractivity contribution in [1.29, 1.82) is 0 Å². The zero-order valence-electron chi connectivity index (χ0n) is 20.9. The van der Waals surface area contributed by atoms with Crippen LogP contribution in [0.2, 0.25) is 16.6 Å². The summed E-state index contributed by atoms with van der Waals surface area (Å²) < 4.78 is 19.5. The highest BCUT2D eigenvalue weighted by atomic mass is 28.4. The van der Waals surface area contributed by atoms with E-state index in [0.29, 0.717) is 16.6 Å². The Morgan fingerprint density at radius 3 is 2.03 bits per heavy atom. The second-order valence-electron chi connectivity index (χ2n) is 11.3. The molecule has 2 N–H and O–H groups in total. The first-order valence-electron chi connectivity index (χ1n) is 11.7. The standard InChI is InChI=1S/C25H42O5Si/c1-14(2)31(15(3)4,16(5)6)30-18-13-11-12-17-19(18)21(26)20(24(7,8)27)23-22(17)28-25(9,10)29-23/h11-16,20-23,26-27H,1-10H3/t20-,21-,22+,23-/m0/s1. The van der Waals surface area contributed by atoms with Crippen molar-refractivity contribution in [2.45, 2.75) is 116 Å². The predicted molar refractivity (Wildman–Crippen MR) is 126 cm³/mol. The summed E-state index contributed by atoms with van der Waals surface area (Å²) in [5.74, 6) is -0.595. The fraction of sp³-hybridized carbons (Fsp3) is 0.760. The molecule has 0 radical (unpaired) electrons. The first-order valence-corrected chi connectivity index (χ1v) is 13.9. The molecule has 6 heteroatoms. The van der Waals surface area contributed by atoms with Gasteiger partial charge in [-0.2, -0.15) is 0 Å². The summed E-state index contributed by atoms with van der Waals surface area (Å²) in [7, 11) is -2.23. The van der Waals surface area contributed by atoms with Crippen LogP contribution >= 0.6 is 0 Å². The number of hydrogen-bond acceptors (Lipinski definition) is 5. The molecule has 0 unspecified atom stereocenters. The average molecular weight is 451 g/mol. The third-order valence-corrected chi connectivity index (χ3v) is 13.3. The second-order valence-corrected chi connectivity index (χ2v) is 16.7. The maximum atomic E-state index is 11.6. The number of aliphatic hydroxyl groups is 2. The van der Waals surface area contributed by atoms with Crippen LogP contribution in [0.4, 0.5) is 0 Å². The van der Waals surface area contributed by atoms with Crippen molar-refractivity contribution in [1.82, 2.24) is 0 Å². The summed E-state index contributed by atoms with van der Waals surface area (Å²) >= 11 is 0. The fourth-order valence-electron chi connectivity index (χ4n) is 6.20. The zero-order valence-corrected chi connectivity index (χ0v) is 21.9. The maximum Gasteiger partial charge on any atom is 0.258 e. The average Bonchev–Trinajstić information content (AvgIpc) is 2.92. The van der Waals surface area contributed by atoms with Crippen LogP contribution in [0.1, 0.15) is 92.6 Å². The van der Waals surface area contributed by atoms with Gasteiger partial charge in [0.1, 0.15) is 11.9 Å². The monoisotopic (exact) mass is 450 g/mol. The van der Waals surface area contributed by atoms with Gasteiger partial charge in [-0.3, -0.25) is 0 Å². The molecule has 3 rings (SSSR count).